The number of hydrogen-bond acceptors (Lipinski definition) is 4. The van der Waals surface area contributed by atoms with Gasteiger partial charge in [0.15, 0.2) is 17.5 Å². The number of furan rings is 1. The Morgan fingerprint density at radius 2 is 1.07 bits per heavy atom. The molecule has 0 saturated carbocycles. The first-order valence-electron chi connectivity index (χ1n) is 20.9. The first-order valence-corrected chi connectivity index (χ1v) is 18.4. The van der Waals surface area contributed by atoms with Crippen LogP contribution in [-0.4, -0.2) is 19.5 Å². The molecule has 262 valence electrons. The zero-order valence-electron chi connectivity index (χ0n) is 34.8. The third kappa shape index (κ3) is 5.29. The highest BCUT2D eigenvalue weighted by molar-refractivity contribution is 6.16. The molecule has 11 rings (SSSR count). The number of benzene rings is 8. The van der Waals surface area contributed by atoms with Gasteiger partial charge in [0.1, 0.15) is 11.2 Å². The first kappa shape index (κ1) is 27.0. The number of nitrogens with zero attached hydrogens (tertiary/aromatic N) is 4. The van der Waals surface area contributed by atoms with E-state index in [2.05, 4.69) is 59.2 Å². The van der Waals surface area contributed by atoms with Crippen LogP contribution in [0.5, 0.6) is 0 Å². The molecule has 0 unspecified atom stereocenters. The van der Waals surface area contributed by atoms with Crippen LogP contribution in [0.2, 0.25) is 0 Å². The molecular weight excluding hydrogens is 685 g/mol. The van der Waals surface area contributed by atoms with E-state index in [1.54, 1.807) is 0 Å². The molecule has 5 nitrogen and oxygen atoms in total. The van der Waals surface area contributed by atoms with Gasteiger partial charge in [0, 0.05) is 49.5 Å². The first-order chi connectivity index (χ1) is 29.8. The monoisotopic (exact) mass is 721 g/mol. The molecule has 0 aliphatic rings. The largest absolute Gasteiger partial charge is 0.455 e. The van der Waals surface area contributed by atoms with E-state index in [1.165, 1.54) is 0 Å². The van der Waals surface area contributed by atoms with Crippen molar-refractivity contribution in [2.75, 3.05) is 0 Å². The minimum absolute atomic E-state index is 0.0622. The van der Waals surface area contributed by atoms with Gasteiger partial charge in [0.2, 0.25) is 0 Å². The Labute approximate surface area is 329 Å². The minimum Gasteiger partial charge on any atom is -0.455 e. The third-order valence-corrected chi connectivity index (χ3v) is 10.3. The van der Waals surface area contributed by atoms with Gasteiger partial charge in [-0.15, -0.1) is 0 Å². The number of fused-ring (bicyclic) bond motifs is 6. The van der Waals surface area contributed by atoms with E-state index in [0.717, 1.165) is 55.1 Å². The number of rotatable bonds is 6. The smallest absolute Gasteiger partial charge is 0.164 e. The fraction of sp³-hybridized carbons (Fsp3) is 0. The molecule has 0 aliphatic heterocycles. The van der Waals surface area contributed by atoms with E-state index in [-0.39, 0.29) is 17.6 Å². The maximum absolute atomic E-state index is 8.94. The van der Waals surface area contributed by atoms with Crippen LogP contribution in [0, 0.1) is 0 Å². The summed E-state index contributed by atoms with van der Waals surface area (Å²) >= 11 is 0. The number of para-hydroxylation sites is 2. The van der Waals surface area contributed by atoms with Crippen molar-refractivity contribution in [3.8, 4) is 62.1 Å². The lowest BCUT2D eigenvalue weighted by atomic mass is 9.95. The van der Waals surface area contributed by atoms with Crippen LogP contribution in [0.1, 0.15) is 6.85 Å². The van der Waals surface area contributed by atoms with Crippen LogP contribution in [0.15, 0.2) is 198 Å². The van der Waals surface area contributed by atoms with Crippen molar-refractivity contribution in [1.29, 1.82) is 0 Å². The molecule has 0 radical (unpaired) electrons. The van der Waals surface area contributed by atoms with E-state index in [1.807, 2.05) is 109 Å². The summed E-state index contributed by atoms with van der Waals surface area (Å²) in [6.07, 6.45) is 0. The molecule has 11 aromatic rings. The van der Waals surface area contributed by atoms with Gasteiger partial charge in [-0.3, -0.25) is 0 Å². The zero-order chi connectivity index (χ0) is 41.4. The van der Waals surface area contributed by atoms with Gasteiger partial charge < -0.3 is 8.98 Å². The van der Waals surface area contributed by atoms with Crippen LogP contribution in [0.4, 0.5) is 0 Å². The summed E-state index contributed by atoms with van der Waals surface area (Å²) in [5.41, 5.74) is 8.62. The third-order valence-electron chi connectivity index (χ3n) is 10.3. The van der Waals surface area contributed by atoms with Crippen molar-refractivity contribution in [2.45, 2.75) is 0 Å². The van der Waals surface area contributed by atoms with Crippen LogP contribution in [0.3, 0.4) is 0 Å². The maximum Gasteiger partial charge on any atom is 0.164 e. The van der Waals surface area contributed by atoms with Crippen LogP contribution in [-0.2, 0) is 0 Å². The van der Waals surface area contributed by atoms with Crippen molar-refractivity contribution >= 4 is 43.7 Å². The van der Waals surface area contributed by atoms with Crippen molar-refractivity contribution in [1.82, 2.24) is 19.5 Å². The molecule has 0 spiro atoms. The zero-order valence-corrected chi connectivity index (χ0v) is 29.8. The molecule has 0 N–H and O–H groups in total. The molecule has 0 saturated heterocycles. The van der Waals surface area contributed by atoms with Gasteiger partial charge in [0.25, 0.3) is 0 Å². The van der Waals surface area contributed by atoms with Gasteiger partial charge >= 0.3 is 0 Å². The van der Waals surface area contributed by atoms with E-state index in [9.17, 15) is 0 Å². The Morgan fingerprint density at radius 1 is 0.429 bits per heavy atom. The second-order valence-electron chi connectivity index (χ2n) is 13.6. The fourth-order valence-corrected chi connectivity index (χ4v) is 7.79. The molecule has 8 aromatic carbocycles. The molecule has 0 atom stereocenters. The maximum atomic E-state index is 8.94. The van der Waals surface area contributed by atoms with Crippen molar-refractivity contribution < 1.29 is 11.3 Å². The highest BCUT2D eigenvalue weighted by atomic mass is 16.3. The molecule has 0 amide bonds. The van der Waals surface area contributed by atoms with Crippen LogP contribution in [0.25, 0.3) is 106 Å². The minimum atomic E-state index is -0.456. The summed E-state index contributed by atoms with van der Waals surface area (Å²) in [5, 5.41) is 3.59. The Morgan fingerprint density at radius 3 is 1.86 bits per heavy atom. The normalized spacial score (nSPS) is 12.8. The van der Waals surface area contributed by atoms with Gasteiger partial charge in [-0.2, -0.15) is 0 Å². The molecule has 3 heterocycles. The lowest BCUT2D eigenvalue weighted by Gasteiger charge is -2.11. The number of aromatic nitrogens is 4. The summed E-state index contributed by atoms with van der Waals surface area (Å²) in [7, 11) is 0. The van der Waals surface area contributed by atoms with Gasteiger partial charge in [0.05, 0.1) is 17.9 Å². The molecule has 3 aromatic heterocycles. The summed E-state index contributed by atoms with van der Waals surface area (Å²) in [6, 6.07) is 52.3. The van der Waals surface area contributed by atoms with Crippen molar-refractivity contribution in [3.05, 3.63) is 194 Å². The van der Waals surface area contributed by atoms with Gasteiger partial charge in [-0.05, 0) is 71.3 Å². The van der Waals surface area contributed by atoms with Crippen LogP contribution < -0.4 is 0 Å². The molecule has 5 heteroatoms. The molecule has 0 aliphatic carbocycles. The molecular formula is C51H32N4O. The second kappa shape index (κ2) is 13.0. The lowest BCUT2D eigenvalue weighted by Crippen LogP contribution is -2.00. The lowest BCUT2D eigenvalue weighted by molar-refractivity contribution is 0.670. The predicted molar refractivity (Wildman–Crippen MR) is 229 cm³/mol. The Bertz CT molecular complexity index is 3500. The van der Waals surface area contributed by atoms with Gasteiger partial charge in [-0.25, -0.2) is 15.0 Å². The summed E-state index contributed by atoms with van der Waals surface area (Å²) in [4.78, 5) is 15.4. The standard InChI is InChI=1S/C51H32N4O/c1-5-16-33(17-6-1)37-31-41(34-18-7-2-8-19-34)48-43(32-37)47-40(25-15-27-46(47)56-48)51-53-49(35-20-9-3-10-21-35)52-50(54-51)36-28-29-45-42(30-36)39-24-13-14-26-44(39)55(45)38-22-11-4-12-23-38/h1-32H/i2D,7D,8D,18D,19D. The average molecular weight is 722 g/mol. The van der Waals surface area contributed by atoms with E-state index < -0.39 is 18.1 Å². The van der Waals surface area contributed by atoms with E-state index in [4.69, 9.17) is 26.2 Å². The summed E-state index contributed by atoms with van der Waals surface area (Å²) in [6.45, 7) is 0. The average Bonchev–Trinajstić information content (AvgIpc) is 3.87. The van der Waals surface area contributed by atoms with Gasteiger partial charge in [-0.1, -0.05) is 139 Å². The van der Waals surface area contributed by atoms with E-state index >= 15 is 0 Å². The highest BCUT2D eigenvalue weighted by Crippen LogP contribution is 2.43. The Kier molecular flexibility index (Phi) is 6.29. The topological polar surface area (TPSA) is 56.7 Å². The Hall–Kier alpha value is -7.63. The van der Waals surface area contributed by atoms with Crippen molar-refractivity contribution in [2.24, 2.45) is 0 Å². The van der Waals surface area contributed by atoms with Crippen LogP contribution >= 0.6 is 0 Å². The quantitative estimate of drug-likeness (QED) is 0.172. The summed E-state index contributed by atoms with van der Waals surface area (Å²) in [5.74, 6) is 1.43. The predicted octanol–water partition coefficient (Wildman–Crippen LogP) is 13.2. The van der Waals surface area contributed by atoms with E-state index in [0.29, 0.717) is 45.2 Å². The molecule has 0 fully saturated rings. The second-order valence-corrected chi connectivity index (χ2v) is 13.6. The fourth-order valence-electron chi connectivity index (χ4n) is 7.79. The molecule has 0 bridgehead atoms. The Balaban J connectivity index is 1.18. The SMILES string of the molecule is [2H]c1c([2H])c([2H])c(-c2cc(-c3ccccc3)cc3c2oc2cccc(-c4nc(-c5ccccc5)nc(-c5ccc6c(c5)c5ccccc5n6-c5ccccc5)n4)c23)c([2H])c1[2H]. The highest BCUT2D eigenvalue weighted by Gasteiger charge is 2.21. The van der Waals surface area contributed by atoms with Crippen molar-refractivity contribution in [3.63, 3.8) is 0 Å². The molecule has 56 heavy (non-hydrogen) atoms. The number of hydrogen-bond donors (Lipinski definition) is 0. The summed E-state index contributed by atoms with van der Waals surface area (Å²) < 4.78 is 52.1.